The zero-order valence-corrected chi connectivity index (χ0v) is 10.4. The van der Waals surface area contributed by atoms with Crippen LogP contribution in [0.15, 0.2) is 0 Å². The van der Waals surface area contributed by atoms with Crippen LogP contribution >= 0.6 is 0 Å². The lowest BCUT2D eigenvalue weighted by atomic mass is 9.86. The molecule has 15 heavy (non-hydrogen) atoms. The van der Waals surface area contributed by atoms with Gasteiger partial charge in [0.15, 0.2) is 0 Å². The summed E-state index contributed by atoms with van der Waals surface area (Å²) in [7, 11) is 0. The lowest BCUT2D eigenvalue weighted by molar-refractivity contribution is -0.119. The second kappa shape index (κ2) is 6.63. The Hall–Kier alpha value is -0.810. The number of hydrogen-bond donors (Lipinski definition) is 1. The van der Waals surface area contributed by atoms with E-state index in [0.29, 0.717) is 19.3 Å². The molecule has 0 fully saturated rings. The van der Waals surface area contributed by atoms with Gasteiger partial charge in [-0.15, -0.1) is 11.8 Å². The van der Waals surface area contributed by atoms with Gasteiger partial charge in [-0.3, -0.25) is 4.79 Å². The maximum absolute atomic E-state index is 11.5. The molecule has 1 atom stereocenters. The third-order valence-electron chi connectivity index (χ3n) is 2.07. The molecule has 0 aliphatic carbocycles. The highest BCUT2D eigenvalue weighted by molar-refractivity contribution is 5.79. The standard InChI is InChI=1S/C13H23NO/c1-5-6-7-8-12(15)9-11(14)10-13(2,3)4/h11H,7-10,14H2,1-4H3. The maximum atomic E-state index is 11.5. The summed E-state index contributed by atoms with van der Waals surface area (Å²) in [4.78, 5) is 11.5. The van der Waals surface area contributed by atoms with Crippen LogP contribution in [0.4, 0.5) is 0 Å². The average molecular weight is 209 g/mol. The number of hydrogen-bond acceptors (Lipinski definition) is 2. The summed E-state index contributed by atoms with van der Waals surface area (Å²) >= 11 is 0. The van der Waals surface area contributed by atoms with E-state index in [-0.39, 0.29) is 17.2 Å². The van der Waals surface area contributed by atoms with Crippen LogP contribution in [0.2, 0.25) is 0 Å². The largest absolute Gasteiger partial charge is 0.327 e. The lowest BCUT2D eigenvalue weighted by Crippen LogP contribution is -2.28. The van der Waals surface area contributed by atoms with Crippen molar-refractivity contribution in [1.82, 2.24) is 0 Å². The van der Waals surface area contributed by atoms with Crippen LogP contribution in [0, 0.1) is 17.3 Å². The van der Waals surface area contributed by atoms with E-state index < -0.39 is 0 Å². The van der Waals surface area contributed by atoms with E-state index in [1.807, 2.05) is 0 Å². The van der Waals surface area contributed by atoms with Gasteiger partial charge in [0.1, 0.15) is 5.78 Å². The molecule has 0 saturated carbocycles. The molecule has 0 aromatic rings. The Bertz CT molecular complexity index is 252. The Kier molecular flexibility index (Phi) is 6.27. The SMILES string of the molecule is CC#CCCC(=O)CC(N)CC(C)(C)C. The number of carbonyl (C=O) groups excluding carboxylic acids is 1. The number of ketones is 1. The van der Waals surface area contributed by atoms with Crippen LogP contribution in [0.5, 0.6) is 0 Å². The topological polar surface area (TPSA) is 43.1 Å². The van der Waals surface area contributed by atoms with E-state index in [2.05, 4.69) is 32.6 Å². The van der Waals surface area contributed by atoms with Crippen LogP contribution < -0.4 is 5.73 Å². The van der Waals surface area contributed by atoms with E-state index >= 15 is 0 Å². The first-order chi connectivity index (χ1) is 6.85. The highest BCUT2D eigenvalue weighted by atomic mass is 16.1. The highest BCUT2D eigenvalue weighted by Crippen LogP contribution is 2.21. The molecule has 0 aliphatic heterocycles. The van der Waals surface area contributed by atoms with Crippen molar-refractivity contribution in [2.24, 2.45) is 11.1 Å². The molecular weight excluding hydrogens is 186 g/mol. The minimum Gasteiger partial charge on any atom is -0.327 e. The second-order valence-electron chi connectivity index (χ2n) is 5.19. The molecule has 0 saturated heterocycles. The monoisotopic (exact) mass is 209 g/mol. The molecule has 0 rings (SSSR count). The Labute approximate surface area is 93.6 Å². The molecule has 0 radical (unpaired) electrons. The molecule has 0 aromatic heterocycles. The molecule has 0 bridgehead atoms. The minimum absolute atomic E-state index is 0.00733. The summed E-state index contributed by atoms with van der Waals surface area (Å²) in [6, 6.07) is -0.00733. The van der Waals surface area contributed by atoms with Crippen molar-refractivity contribution in [3.05, 3.63) is 0 Å². The van der Waals surface area contributed by atoms with Crippen molar-refractivity contribution in [2.45, 2.75) is 59.4 Å². The first-order valence-electron chi connectivity index (χ1n) is 5.52. The van der Waals surface area contributed by atoms with E-state index in [0.717, 1.165) is 6.42 Å². The van der Waals surface area contributed by atoms with Crippen molar-refractivity contribution < 1.29 is 4.79 Å². The van der Waals surface area contributed by atoms with Gasteiger partial charge in [-0.2, -0.15) is 0 Å². The molecule has 1 unspecified atom stereocenters. The highest BCUT2D eigenvalue weighted by Gasteiger charge is 2.17. The van der Waals surface area contributed by atoms with Crippen molar-refractivity contribution >= 4 is 5.78 Å². The van der Waals surface area contributed by atoms with E-state index in [9.17, 15) is 4.79 Å². The summed E-state index contributed by atoms with van der Waals surface area (Å²) in [5.74, 6) is 5.90. The number of carbonyl (C=O) groups is 1. The Morgan fingerprint density at radius 2 is 2.00 bits per heavy atom. The van der Waals surface area contributed by atoms with Crippen LogP contribution in [0.25, 0.3) is 0 Å². The average Bonchev–Trinajstić information content (AvgIpc) is 2.00. The summed E-state index contributed by atoms with van der Waals surface area (Å²) < 4.78 is 0. The minimum atomic E-state index is -0.00733. The van der Waals surface area contributed by atoms with Gasteiger partial charge in [0, 0.05) is 25.3 Å². The summed E-state index contributed by atoms with van der Waals surface area (Å²) in [6.07, 6.45) is 2.58. The van der Waals surface area contributed by atoms with Crippen molar-refractivity contribution in [3.8, 4) is 11.8 Å². The summed E-state index contributed by atoms with van der Waals surface area (Å²) in [6.45, 7) is 8.20. The van der Waals surface area contributed by atoms with Crippen LogP contribution in [0.1, 0.15) is 53.4 Å². The molecule has 0 aliphatic rings. The molecule has 0 amide bonds. The molecule has 2 N–H and O–H groups in total. The van der Waals surface area contributed by atoms with Crippen molar-refractivity contribution in [2.75, 3.05) is 0 Å². The van der Waals surface area contributed by atoms with E-state index in [4.69, 9.17) is 5.73 Å². The van der Waals surface area contributed by atoms with E-state index in [1.54, 1.807) is 6.92 Å². The predicted molar refractivity (Wildman–Crippen MR) is 64.4 cm³/mol. The Morgan fingerprint density at radius 3 is 2.47 bits per heavy atom. The van der Waals surface area contributed by atoms with Gasteiger partial charge in [-0.1, -0.05) is 20.8 Å². The number of rotatable bonds is 5. The molecule has 0 aromatic carbocycles. The molecule has 2 heteroatoms. The van der Waals surface area contributed by atoms with Crippen LogP contribution in [0.3, 0.4) is 0 Å². The fraction of sp³-hybridized carbons (Fsp3) is 0.769. The summed E-state index contributed by atoms with van der Waals surface area (Å²) in [5, 5.41) is 0. The summed E-state index contributed by atoms with van der Waals surface area (Å²) in [5.41, 5.74) is 6.11. The number of Topliss-reactive ketones (excluding diaryl/α,β-unsaturated/α-hetero) is 1. The Balaban J connectivity index is 3.80. The number of nitrogens with two attached hydrogens (primary N) is 1. The molecule has 2 nitrogen and oxygen atoms in total. The van der Waals surface area contributed by atoms with Gasteiger partial charge in [0.05, 0.1) is 0 Å². The van der Waals surface area contributed by atoms with Crippen molar-refractivity contribution in [1.29, 1.82) is 0 Å². The quantitative estimate of drug-likeness (QED) is 0.707. The molecular formula is C13H23NO. The lowest BCUT2D eigenvalue weighted by Gasteiger charge is -2.22. The van der Waals surface area contributed by atoms with Gasteiger partial charge in [0.2, 0.25) is 0 Å². The van der Waals surface area contributed by atoms with Crippen LogP contribution in [-0.2, 0) is 4.79 Å². The zero-order valence-electron chi connectivity index (χ0n) is 10.4. The third kappa shape index (κ3) is 9.49. The molecule has 86 valence electrons. The fourth-order valence-electron chi connectivity index (χ4n) is 1.58. The van der Waals surface area contributed by atoms with E-state index in [1.165, 1.54) is 0 Å². The second-order valence-corrected chi connectivity index (χ2v) is 5.19. The molecule has 0 spiro atoms. The maximum Gasteiger partial charge on any atom is 0.135 e. The third-order valence-corrected chi connectivity index (χ3v) is 2.07. The smallest absolute Gasteiger partial charge is 0.135 e. The van der Waals surface area contributed by atoms with Gasteiger partial charge in [-0.25, -0.2) is 0 Å². The van der Waals surface area contributed by atoms with Gasteiger partial charge in [-0.05, 0) is 18.8 Å². The van der Waals surface area contributed by atoms with Crippen molar-refractivity contribution in [3.63, 3.8) is 0 Å². The predicted octanol–water partition coefficient (Wildman–Crippen LogP) is 2.51. The first kappa shape index (κ1) is 14.2. The van der Waals surface area contributed by atoms with Gasteiger partial charge in [0.25, 0.3) is 0 Å². The van der Waals surface area contributed by atoms with Gasteiger partial charge >= 0.3 is 0 Å². The fourth-order valence-corrected chi connectivity index (χ4v) is 1.58. The normalized spacial score (nSPS) is 12.9. The zero-order chi connectivity index (χ0) is 11.9. The van der Waals surface area contributed by atoms with Gasteiger partial charge < -0.3 is 5.73 Å². The molecule has 0 heterocycles. The van der Waals surface area contributed by atoms with Crippen LogP contribution in [-0.4, -0.2) is 11.8 Å². The first-order valence-corrected chi connectivity index (χ1v) is 5.52. The Morgan fingerprint density at radius 1 is 1.40 bits per heavy atom.